The lowest BCUT2D eigenvalue weighted by atomic mass is 9.66. The highest BCUT2D eigenvalue weighted by atomic mass is 16.5. The van der Waals surface area contributed by atoms with Crippen molar-refractivity contribution in [3.05, 3.63) is 330 Å². The van der Waals surface area contributed by atoms with E-state index in [-0.39, 0.29) is 0 Å². The van der Waals surface area contributed by atoms with Gasteiger partial charge in [-0.2, -0.15) is 0 Å². The predicted octanol–water partition coefficient (Wildman–Crippen LogP) is 19.1. The van der Waals surface area contributed by atoms with Crippen LogP contribution in [0.5, 0.6) is 23.0 Å². The van der Waals surface area contributed by atoms with E-state index in [4.69, 9.17) is 9.47 Å². The summed E-state index contributed by atoms with van der Waals surface area (Å²) >= 11 is 0. The van der Waals surface area contributed by atoms with Crippen LogP contribution in [0.25, 0.3) is 55.6 Å². The van der Waals surface area contributed by atoms with Crippen molar-refractivity contribution >= 4 is 17.1 Å². The highest BCUT2D eigenvalue weighted by molar-refractivity contribution is 5.94. The molecule has 2 aliphatic heterocycles. The monoisotopic (exact) mass is 981 g/mol. The van der Waals surface area contributed by atoms with Crippen molar-refractivity contribution in [1.29, 1.82) is 0 Å². The molecular weight excluding hydrogens is 935 g/mol. The minimum atomic E-state index is -0.536. The van der Waals surface area contributed by atoms with Crippen LogP contribution < -0.4 is 14.4 Å². The number of fused-ring (bicyclic) bond motifs is 18. The van der Waals surface area contributed by atoms with Crippen molar-refractivity contribution < 1.29 is 9.47 Å². The molecule has 77 heavy (non-hydrogen) atoms. The van der Waals surface area contributed by atoms with Crippen LogP contribution in [0.2, 0.25) is 0 Å². The van der Waals surface area contributed by atoms with Crippen LogP contribution in [0.1, 0.15) is 44.5 Å². The van der Waals surface area contributed by atoms with E-state index in [1.165, 1.54) is 44.5 Å². The number of ether oxygens (including phenoxy) is 2. The van der Waals surface area contributed by atoms with E-state index >= 15 is 0 Å². The zero-order valence-electron chi connectivity index (χ0n) is 41.9. The van der Waals surface area contributed by atoms with Crippen LogP contribution in [0, 0.1) is 0 Å². The summed E-state index contributed by atoms with van der Waals surface area (Å²) in [7, 11) is 0. The van der Waals surface area contributed by atoms with Crippen molar-refractivity contribution in [3.8, 4) is 78.6 Å². The maximum absolute atomic E-state index is 6.64. The van der Waals surface area contributed by atoms with Crippen LogP contribution in [0.4, 0.5) is 17.1 Å². The smallest absolute Gasteiger partial charge is 0.132 e. The summed E-state index contributed by atoms with van der Waals surface area (Å²) in [5.74, 6) is 3.58. The van der Waals surface area contributed by atoms with Crippen molar-refractivity contribution in [2.45, 2.75) is 10.8 Å². The summed E-state index contributed by atoms with van der Waals surface area (Å²) in [5, 5.41) is 0. The third kappa shape index (κ3) is 6.20. The van der Waals surface area contributed by atoms with Gasteiger partial charge < -0.3 is 14.4 Å². The first kappa shape index (κ1) is 43.4. The Hall–Kier alpha value is -9.96. The summed E-state index contributed by atoms with van der Waals surface area (Å²) < 4.78 is 13.3. The molecular formula is C74H47NO2. The highest BCUT2D eigenvalue weighted by Gasteiger charge is 2.52. The predicted molar refractivity (Wildman–Crippen MR) is 312 cm³/mol. The van der Waals surface area contributed by atoms with Gasteiger partial charge in [-0.1, -0.05) is 218 Å². The molecule has 2 aliphatic carbocycles. The molecule has 16 rings (SSSR count). The third-order valence-electron chi connectivity index (χ3n) is 16.8. The summed E-state index contributed by atoms with van der Waals surface area (Å²) in [5.41, 5.74) is 23.9. The lowest BCUT2D eigenvalue weighted by Crippen LogP contribution is -2.32. The van der Waals surface area contributed by atoms with Gasteiger partial charge in [0, 0.05) is 39.2 Å². The zero-order valence-corrected chi connectivity index (χ0v) is 41.9. The maximum Gasteiger partial charge on any atom is 0.132 e. The fourth-order valence-electron chi connectivity index (χ4n) is 13.6. The van der Waals surface area contributed by atoms with Crippen molar-refractivity contribution in [2.24, 2.45) is 0 Å². The summed E-state index contributed by atoms with van der Waals surface area (Å²) in [6.07, 6.45) is 0. The van der Waals surface area contributed by atoms with Crippen LogP contribution in [0.3, 0.4) is 0 Å². The first-order chi connectivity index (χ1) is 38.2. The molecule has 0 atom stereocenters. The van der Waals surface area contributed by atoms with E-state index in [0.29, 0.717) is 0 Å². The molecule has 0 bridgehead atoms. The molecule has 0 radical (unpaired) electrons. The molecule has 3 nitrogen and oxygen atoms in total. The van der Waals surface area contributed by atoms with Crippen molar-refractivity contribution in [1.82, 2.24) is 0 Å². The largest absolute Gasteiger partial charge is 0.457 e. The quantitative estimate of drug-likeness (QED) is 0.166. The first-order valence-electron chi connectivity index (χ1n) is 26.6. The van der Waals surface area contributed by atoms with Crippen LogP contribution in [-0.4, -0.2) is 0 Å². The molecule has 2 heterocycles. The molecule has 12 aromatic rings. The van der Waals surface area contributed by atoms with Gasteiger partial charge in [-0.25, -0.2) is 0 Å². The van der Waals surface area contributed by atoms with E-state index in [2.05, 4.69) is 290 Å². The second-order valence-electron chi connectivity index (χ2n) is 20.6. The molecule has 4 aliphatic rings. The van der Waals surface area contributed by atoms with Gasteiger partial charge in [0.15, 0.2) is 0 Å². The Bertz CT molecular complexity index is 4010. The Labute approximate surface area is 448 Å². The molecule has 0 aromatic heterocycles. The van der Waals surface area contributed by atoms with Gasteiger partial charge in [-0.05, 0) is 139 Å². The number of benzene rings is 12. The zero-order chi connectivity index (χ0) is 50.7. The maximum atomic E-state index is 6.64. The minimum absolute atomic E-state index is 0.536. The standard InChI is InChI=1S/C74H47NO2/c1-2-18-50(19-3-1)55-20-6-13-29-68(55)75(53-40-34-48(35-41-53)51-38-44-58-56-21-4-7-23-60(56)73(66(58)46-51)62-25-9-14-30-69(62)76-70-31-15-10-26-63(70)73)54-42-36-49(37-43-54)52-39-45-59-57-22-5-8-24-61(57)74(67(59)47-52)64-27-11-16-32-71(64)77-72-33-17-12-28-65(72)74/h1-47H. The van der Waals surface area contributed by atoms with Gasteiger partial charge >= 0.3 is 0 Å². The molecule has 0 unspecified atom stereocenters. The Morgan fingerprint density at radius 1 is 0.221 bits per heavy atom. The van der Waals surface area contributed by atoms with Gasteiger partial charge in [0.2, 0.25) is 0 Å². The fourth-order valence-corrected chi connectivity index (χ4v) is 13.6. The van der Waals surface area contributed by atoms with E-state index in [9.17, 15) is 0 Å². The van der Waals surface area contributed by atoms with E-state index in [0.717, 1.165) is 95.7 Å². The average molecular weight is 982 g/mol. The molecule has 0 saturated heterocycles. The Morgan fingerprint density at radius 3 is 0.974 bits per heavy atom. The average Bonchev–Trinajstić information content (AvgIpc) is 4.18. The minimum Gasteiger partial charge on any atom is -0.457 e. The SMILES string of the molecule is c1ccc(-c2ccccc2N(c2ccc(-c3ccc4c(c3)C3(c5ccccc5Oc5ccccc53)c3ccccc3-4)cc2)c2ccc(-c3ccc4c(c3)C3(c5ccccc5Oc5ccccc53)c3ccccc3-4)cc2)cc1. The normalized spacial score (nSPS) is 13.9. The molecule has 12 aromatic carbocycles. The summed E-state index contributed by atoms with van der Waals surface area (Å²) in [6, 6.07) is 104. The molecule has 360 valence electrons. The third-order valence-corrected chi connectivity index (χ3v) is 16.8. The molecule has 0 N–H and O–H groups in total. The fraction of sp³-hybridized carbons (Fsp3) is 0.0270. The Kier molecular flexibility index (Phi) is 9.47. The van der Waals surface area contributed by atoms with Crippen LogP contribution in [-0.2, 0) is 10.8 Å². The second-order valence-corrected chi connectivity index (χ2v) is 20.6. The van der Waals surface area contributed by atoms with E-state index in [1.807, 2.05) is 0 Å². The van der Waals surface area contributed by atoms with Gasteiger partial charge in [0.25, 0.3) is 0 Å². The lowest BCUT2D eigenvalue weighted by Gasteiger charge is -2.39. The van der Waals surface area contributed by atoms with Crippen molar-refractivity contribution in [3.63, 3.8) is 0 Å². The summed E-state index contributed by atoms with van der Waals surface area (Å²) in [4.78, 5) is 2.41. The Balaban J connectivity index is 0.814. The number of hydrogen-bond acceptors (Lipinski definition) is 3. The van der Waals surface area contributed by atoms with Gasteiger partial charge in [-0.15, -0.1) is 0 Å². The molecule has 2 spiro atoms. The lowest BCUT2D eigenvalue weighted by molar-refractivity contribution is 0.436. The number of para-hydroxylation sites is 5. The molecule has 3 heteroatoms. The topological polar surface area (TPSA) is 21.7 Å². The van der Waals surface area contributed by atoms with Crippen LogP contribution >= 0.6 is 0 Å². The van der Waals surface area contributed by atoms with Gasteiger partial charge in [-0.3, -0.25) is 0 Å². The molecule has 0 saturated carbocycles. The first-order valence-corrected chi connectivity index (χ1v) is 26.6. The number of hydrogen-bond donors (Lipinski definition) is 0. The van der Waals surface area contributed by atoms with E-state index < -0.39 is 10.8 Å². The van der Waals surface area contributed by atoms with Crippen LogP contribution in [0.15, 0.2) is 285 Å². The van der Waals surface area contributed by atoms with Gasteiger partial charge in [0.05, 0.1) is 16.5 Å². The highest BCUT2D eigenvalue weighted by Crippen LogP contribution is 2.64. The summed E-state index contributed by atoms with van der Waals surface area (Å²) in [6.45, 7) is 0. The van der Waals surface area contributed by atoms with Gasteiger partial charge in [0.1, 0.15) is 23.0 Å². The number of rotatable bonds is 6. The number of anilines is 3. The van der Waals surface area contributed by atoms with E-state index in [1.54, 1.807) is 0 Å². The number of nitrogens with zero attached hydrogens (tertiary/aromatic N) is 1. The molecule has 0 amide bonds. The van der Waals surface area contributed by atoms with Crippen molar-refractivity contribution in [2.75, 3.05) is 4.90 Å². The Morgan fingerprint density at radius 2 is 0.545 bits per heavy atom. The second kappa shape index (κ2) is 16.8. The molecule has 0 fully saturated rings.